The fraction of sp³-hybridized carbons (Fsp3) is 0.0909. The molecule has 0 aromatic heterocycles. The Morgan fingerprint density at radius 1 is 1.44 bits per heavy atom. The SMILES string of the molecule is O=C1C=CCO1.O=Cc1cc([N+](=O)[O-])ccc1O. The molecule has 94 valence electrons. The lowest BCUT2D eigenvalue weighted by Gasteiger charge is -1.95. The van der Waals surface area contributed by atoms with E-state index in [4.69, 9.17) is 5.11 Å². The summed E-state index contributed by atoms with van der Waals surface area (Å²) in [5.41, 5.74) is -0.292. The van der Waals surface area contributed by atoms with Crippen molar-refractivity contribution >= 4 is 17.9 Å². The summed E-state index contributed by atoms with van der Waals surface area (Å²) in [7, 11) is 0. The molecular weight excluding hydrogens is 242 g/mol. The number of nitrogens with zero attached hydrogens (tertiary/aromatic N) is 1. The van der Waals surface area contributed by atoms with E-state index in [1.807, 2.05) is 0 Å². The van der Waals surface area contributed by atoms with E-state index in [1.165, 1.54) is 6.08 Å². The van der Waals surface area contributed by atoms with Crippen molar-refractivity contribution in [3.63, 3.8) is 0 Å². The van der Waals surface area contributed by atoms with Crippen molar-refractivity contribution < 1.29 is 24.4 Å². The highest BCUT2D eigenvalue weighted by molar-refractivity contribution is 5.83. The van der Waals surface area contributed by atoms with Crippen LogP contribution in [0.3, 0.4) is 0 Å². The maximum Gasteiger partial charge on any atom is 0.330 e. The summed E-state index contributed by atoms with van der Waals surface area (Å²) < 4.78 is 4.40. The Bertz CT molecular complexity index is 508. The van der Waals surface area contributed by atoms with Gasteiger partial charge in [0.05, 0.1) is 10.5 Å². The number of cyclic esters (lactones) is 1. The Morgan fingerprint density at radius 3 is 2.56 bits per heavy atom. The van der Waals surface area contributed by atoms with Crippen LogP contribution in [0.4, 0.5) is 5.69 Å². The van der Waals surface area contributed by atoms with E-state index in [0.717, 1.165) is 18.2 Å². The smallest absolute Gasteiger partial charge is 0.330 e. The number of non-ortho nitro benzene ring substituents is 1. The Labute approximate surface area is 101 Å². The molecule has 0 radical (unpaired) electrons. The number of carbonyl (C=O) groups is 2. The van der Waals surface area contributed by atoms with Gasteiger partial charge in [0.2, 0.25) is 0 Å². The van der Waals surface area contributed by atoms with Gasteiger partial charge in [0, 0.05) is 18.2 Å². The Hall–Kier alpha value is -2.70. The first-order valence-corrected chi connectivity index (χ1v) is 4.80. The molecule has 2 rings (SSSR count). The number of hydrogen-bond donors (Lipinski definition) is 1. The van der Waals surface area contributed by atoms with Gasteiger partial charge in [0.25, 0.3) is 5.69 Å². The highest BCUT2D eigenvalue weighted by atomic mass is 16.6. The van der Waals surface area contributed by atoms with Crippen molar-refractivity contribution in [1.82, 2.24) is 0 Å². The van der Waals surface area contributed by atoms with E-state index >= 15 is 0 Å². The first-order chi connectivity index (χ1) is 8.54. The van der Waals surface area contributed by atoms with Gasteiger partial charge in [0.1, 0.15) is 12.4 Å². The number of aldehydes is 1. The highest BCUT2D eigenvalue weighted by Crippen LogP contribution is 2.20. The van der Waals surface area contributed by atoms with Crippen molar-refractivity contribution in [3.05, 3.63) is 46.0 Å². The summed E-state index contributed by atoms with van der Waals surface area (Å²) in [5, 5.41) is 19.2. The van der Waals surface area contributed by atoms with Gasteiger partial charge < -0.3 is 9.84 Å². The molecule has 0 fully saturated rings. The number of phenolic OH excluding ortho intramolecular Hbond substituents is 1. The van der Waals surface area contributed by atoms with Crippen LogP contribution in [0, 0.1) is 10.1 Å². The van der Waals surface area contributed by atoms with Crippen LogP contribution in [-0.2, 0) is 9.53 Å². The van der Waals surface area contributed by atoms with Gasteiger partial charge in [-0.15, -0.1) is 0 Å². The molecule has 1 heterocycles. The largest absolute Gasteiger partial charge is 0.507 e. The average molecular weight is 251 g/mol. The number of nitro benzene ring substituents is 1. The van der Waals surface area contributed by atoms with E-state index in [-0.39, 0.29) is 23.0 Å². The topological polar surface area (TPSA) is 107 Å². The number of aromatic hydroxyl groups is 1. The predicted molar refractivity (Wildman–Crippen MR) is 60.2 cm³/mol. The van der Waals surface area contributed by atoms with Crippen LogP contribution in [-0.4, -0.2) is 28.9 Å². The number of benzene rings is 1. The van der Waals surface area contributed by atoms with E-state index < -0.39 is 4.92 Å². The Balaban J connectivity index is 0.000000225. The minimum Gasteiger partial charge on any atom is -0.507 e. The molecule has 0 atom stereocenters. The Kier molecular flexibility index (Phi) is 4.56. The number of carbonyl (C=O) groups excluding carboxylic acids is 2. The molecule has 0 amide bonds. The van der Waals surface area contributed by atoms with E-state index in [2.05, 4.69) is 4.74 Å². The number of ether oxygens (including phenoxy) is 1. The molecule has 1 aliphatic rings. The molecule has 1 aliphatic heterocycles. The van der Waals surface area contributed by atoms with Crippen LogP contribution in [0.25, 0.3) is 0 Å². The van der Waals surface area contributed by atoms with Crippen molar-refractivity contribution in [2.45, 2.75) is 0 Å². The lowest BCUT2D eigenvalue weighted by Crippen LogP contribution is -1.89. The van der Waals surface area contributed by atoms with E-state index in [1.54, 1.807) is 6.08 Å². The van der Waals surface area contributed by atoms with Gasteiger partial charge in [-0.1, -0.05) is 0 Å². The molecule has 0 aliphatic carbocycles. The molecule has 7 nitrogen and oxygen atoms in total. The number of phenols is 1. The predicted octanol–water partition coefficient (Wildman–Crippen LogP) is 1.21. The second kappa shape index (κ2) is 6.14. The van der Waals surface area contributed by atoms with Crippen LogP contribution >= 0.6 is 0 Å². The van der Waals surface area contributed by atoms with Crippen LogP contribution in [0.5, 0.6) is 5.75 Å². The molecule has 1 N–H and O–H groups in total. The minimum atomic E-state index is -0.633. The van der Waals surface area contributed by atoms with Crippen LogP contribution < -0.4 is 0 Å². The third-order valence-corrected chi connectivity index (χ3v) is 1.92. The van der Waals surface area contributed by atoms with Gasteiger partial charge in [-0.2, -0.15) is 0 Å². The summed E-state index contributed by atoms with van der Waals surface area (Å²) in [6.07, 6.45) is 3.46. The van der Waals surface area contributed by atoms with Crippen LogP contribution in [0.2, 0.25) is 0 Å². The van der Waals surface area contributed by atoms with Crippen molar-refractivity contribution in [1.29, 1.82) is 0 Å². The molecule has 18 heavy (non-hydrogen) atoms. The first kappa shape index (κ1) is 13.4. The molecule has 0 saturated heterocycles. The lowest BCUT2D eigenvalue weighted by atomic mass is 10.2. The van der Waals surface area contributed by atoms with Crippen LogP contribution in [0.15, 0.2) is 30.4 Å². The molecule has 0 saturated carbocycles. The van der Waals surface area contributed by atoms with Crippen molar-refractivity contribution in [2.75, 3.05) is 6.61 Å². The minimum absolute atomic E-state index is 0.0794. The molecule has 1 aromatic rings. The number of esters is 1. The average Bonchev–Trinajstić information content (AvgIpc) is 2.81. The monoisotopic (exact) mass is 251 g/mol. The molecule has 7 heteroatoms. The second-order valence-corrected chi connectivity index (χ2v) is 3.15. The molecular formula is C11H9NO6. The molecule has 0 spiro atoms. The van der Waals surface area contributed by atoms with Gasteiger partial charge in [-0.3, -0.25) is 14.9 Å². The molecule has 1 aromatic carbocycles. The standard InChI is InChI=1S/C7H5NO4.C4H4O2/c9-4-5-3-6(8(11)12)1-2-7(5)10;5-4-2-1-3-6-4/h1-4,10H;1-2H,3H2. The van der Waals surface area contributed by atoms with Gasteiger partial charge >= 0.3 is 5.97 Å². The van der Waals surface area contributed by atoms with Crippen molar-refractivity contribution in [2.24, 2.45) is 0 Å². The van der Waals surface area contributed by atoms with E-state index in [0.29, 0.717) is 12.9 Å². The van der Waals surface area contributed by atoms with Gasteiger partial charge in [-0.05, 0) is 12.1 Å². The zero-order chi connectivity index (χ0) is 13.5. The summed E-state index contributed by atoms with van der Waals surface area (Å²) in [6, 6.07) is 3.26. The fourth-order valence-electron chi connectivity index (χ4n) is 1.07. The highest BCUT2D eigenvalue weighted by Gasteiger charge is 2.08. The number of nitro groups is 1. The quantitative estimate of drug-likeness (QED) is 0.366. The lowest BCUT2D eigenvalue weighted by molar-refractivity contribution is -0.384. The second-order valence-electron chi connectivity index (χ2n) is 3.15. The van der Waals surface area contributed by atoms with Gasteiger partial charge in [-0.25, -0.2) is 4.79 Å². The maximum absolute atomic E-state index is 10.2. The summed E-state index contributed by atoms with van der Waals surface area (Å²) >= 11 is 0. The maximum atomic E-state index is 10.2. The third kappa shape index (κ3) is 3.71. The molecule has 0 unspecified atom stereocenters. The summed E-state index contributed by atoms with van der Waals surface area (Å²) in [5.74, 6) is -0.481. The normalized spacial score (nSPS) is 12.3. The fourth-order valence-corrected chi connectivity index (χ4v) is 1.07. The number of rotatable bonds is 2. The third-order valence-electron chi connectivity index (χ3n) is 1.92. The summed E-state index contributed by atoms with van der Waals surface area (Å²) in [4.78, 5) is 29.7. The van der Waals surface area contributed by atoms with Gasteiger partial charge in [0.15, 0.2) is 6.29 Å². The first-order valence-electron chi connectivity index (χ1n) is 4.80. The number of hydrogen-bond acceptors (Lipinski definition) is 6. The zero-order valence-electron chi connectivity index (χ0n) is 9.11. The summed E-state index contributed by atoms with van der Waals surface area (Å²) in [6.45, 7) is 0.457. The molecule has 0 bridgehead atoms. The van der Waals surface area contributed by atoms with E-state index in [9.17, 15) is 19.7 Å². The Morgan fingerprint density at radius 2 is 2.17 bits per heavy atom. The van der Waals surface area contributed by atoms with Crippen LogP contribution in [0.1, 0.15) is 10.4 Å². The van der Waals surface area contributed by atoms with Crippen molar-refractivity contribution in [3.8, 4) is 5.75 Å². The zero-order valence-corrected chi connectivity index (χ0v) is 9.11.